The Balaban J connectivity index is 1.83. The van der Waals surface area contributed by atoms with Crippen LogP contribution in [0.2, 0.25) is 0 Å². The predicted molar refractivity (Wildman–Crippen MR) is 79.7 cm³/mol. The molecule has 21 heavy (non-hydrogen) atoms. The number of nitrogens with zero attached hydrogens (tertiary/aromatic N) is 1. The van der Waals surface area contributed by atoms with Gasteiger partial charge in [0, 0.05) is 4.90 Å². The highest BCUT2D eigenvalue weighted by atomic mass is 32.2. The molecule has 1 atom stereocenters. The summed E-state index contributed by atoms with van der Waals surface area (Å²) in [6.45, 7) is 0. The van der Waals surface area contributed by atoms with E-state index in [-0.39, 0.29) is 11.3 Å². The van der Waals surface area contributed by atoms with Crippen LogP contribution in [-0.2, 0) is 29.4 Å². The van der Waals surface area contributed by atoms with Crippen LogP contribution in [0.15, 0.2) is 41.3 Å². The lowest BCUT2D eigenvalue weighted by Gasteiger charge is -2.06. The summed E-state index contributed by atoms with van der Waals surface area (Å²) in [5.41, 5.74) is 3.47. The lowest BCUT2D eigenvalue weighted by molar-refractivity contribution is 0.625. The van der Waals surface area contributed by atoms with Gasteiger partial charge in [-0.1, -0.05) is 6.07 Å². The number of rotatable bonds is 3. The molecule has 0 fully saturated rings. The van der Waals surface area contributed by atoms with Gasteiger partial charge in [0.05, 0.1) is 28.2 Å². The van der Waals surface area contributed by atoms with Gasteiger partial charge in [-0.05, 0) is 66.3 Å². The van der Waals surface area contributed by atoms with Crippen molar-refractivity contribution in [3.63, 3.8) is 0 Å². The molecule has 2 aromatic rings. The topological polar surface area (TPSA) is 40.9 Å². The van der Waals surface area contributed by atoms with Crippen LogP contribution in [0.4, 0.5) is 4.39 Å². The van der Waals surface area contributed by atoms with E-state index >= 15 is 0 Å². The van der Waals surface area contributed by atoms with E-state index in [4.69, 9.17) is 5.26 Å². The summed E-state index contributed by atoms with van der Waals surface area (Å²) >= 11 is 0. The van der Waals surface area contributed by atoms with Crippen molar-refractivity contribution >= 4 is 10.8 Å². The first kappa shape index (κ1) is 14.0. The van der Waals surface area contributed by atoms with Gasteiger partial charge in [-0.2, -0.15) is 5.26 Å². The molecular weight excluding hydrogens is 285 g/mol. The second kappa shape index (κ2) is 5.79. The summed E-state index contributed by atoms with van der Waals surface area (Å²) in [5, 5.41) is 8.85. The molecule has 4 heteroatoms. The van der Waals surface area contributed by atoms with E-state index < -0.39 is 16.6 Å². The first-order chi connectivity index (χ1) is 10.2. The van der Waals surface area contributed by atoms with E-state index in [2.05, 4.69) is 0 Å². The molecule has 1 aliphatic rings. The zero-order valence-electron chi connectivity index (χ0n) is 11.4. The molecule has 106 valence electrons. The van der Waals surface area contributed by atoms with E-state index in [0.717, 1.165) is 24.2 Å². The first-order valence-corrected chi connectivity index (χ1v) is 8.17. The van der Waals surface area contributed by atoms with Crippen molar-refractivity contribution in [1.29, 1.82) is 5.26 Å². The molecule has 0 heterocycles. The van der Waals surface area contributed by atoms with Crippen LogP contribution in [0.5, 0.6) is 0 Å². The molecule has 0 aliphatic heterocycles. The Morgan fingerprint density at radius 2 is 1.95 bits per heavy atom. The second-order valence-electron chi connectivity index (χ2n) is 5.23. The van der Waals surface area contributed by atoms with E-state index in [9.17, 15) is 8.60 Å². The molecule has 1 aliphatic carbocycles. The number of fused-ring (bicyclic) bond motifs is 1. The van der Waals surface area contributed by atoms with Crippen molar-refractivity contribution in [2.24, 2.45) is 0 Å². The Bertz CT molecular complexity index is 764. The number of benzene rings is 2. The third-order valence-electron chi connectivity index (χ3n) is 3.72. The third kappa shape index (κ3) is 3.03. The second-order valence-corrected chi connectivity index (χ2v) is 6.69. The number of halogens is 1. The van der Waals surface area contributed by atoms with Gasteiger partial charge in [0.2, 0.25) is 0 Å². The largest absolute Gasteiger partial charge is 0.254 e. The SMILES string of the molecule is N#Cc1cc(F)cc(CS(=O)c2ccc3c(c2)CCC3)c1. The zero-order chi connectivity index (χ0) is 14.8. The predicted octanol–water partition coefficient (Wildman–Crippen LogP) is 3.49. The summed E-state index contributed by atoms with van der Waals surface area (Å²) in [6.07, 6.45) is 3.29. The van der Waals surface area contributed by atoms with E-state index in [0.29, 0.717) is 5.56 Å². The Morgan fingerprint density at radius 1 is 1.14 bits per heavy atom. The van der Waals surface area contributed by atoms with Gasteiger partial charge in [0.25, 0.3) is 0 Å². The maximum Gasteiger partial charge on any atom is 0.124 e. The van der Waals surface area contributed by atoms with E-state index in [1.165, 1.54) is 23.3 Å². The van der Waals surface area contributed by atoms with Crippen molar-refractivity contribution in [2.45, 2.75) is 29.9 Å². The molecule has 1 unspecified atom stereocenters. The average Bonchev–Trinajstić information content (AvgIpc) is 2.93. The van der Waals surface area contributed by atoms with Gasteiger partial charge < -0.3 is 0 Å². The molecule has 3 rings (SSSR count). The average molecular weight is 299 g/mol. The van der Waals surface area contributed by atoms with Crippen LogP contribution in [0, 0.1) is 17.1 Å². The maximum atomic E-state index is 13.4. The fourth-order valence-corrected chi connectivity index (χ4v) is 3.85. The molecule has 0 spiro atoms. The summed E-state index contributed by atoms with van der Waals surface area (Å²) in [6, 6.07) is 12.0. The highest BCUT2D eigenvalue weighted by molar-refractivity contribution is 7.84. The summed E-state index contributed by atoms with van der Waals surface area (Å²) < 4.78 is 25.8. The summed E-state index contributed by atoms with van der Waals surface area (Å²) in [5.74, 6) is -0.236. The van der Waals surface area contributed by atoms with E-state index in [1.807, 2.05) is 24.3 Å². The molecule has 2 aromatic carbocycles. The minimum Gasteiger partial charge on any atom is -0.254 e. The van der Waals surface area contributed by atoms with Crippen LogP contribution < -0.4 is 0 Å². The number of aryl methyl sites for hydroxylation is 2. The monoisotopic (exact) mass is 299 g/mol. The Hall–Kier alpha value is -1.99. The molecule has 0 N–H and O–H groups in total. The molecule has 0 bridgehead atoms. The van der Waals surface area contributed by atoms with Crippen LogP contribution in [0.1, 0.15) is 28.7 Å². The summed E-state index contributed by atoms with van der Waals surface area (Å²) in [4.78, 5) is 0.776. The molecule has 0 saturated carbocycles. The van der Waals surface area contributed by atoms with Crippen LogP contribution in [0.3, 0.4) is 0 Å². The number of hydrogen-bond acceptors (Lipinski definition) is 2. The maximum absolute atomic E-state index is 13.4. The Morgan fingerprint density at radius 3 is 2.76 bits per heavy atom. The minimum absolute atomic E-state index is 0.227. The molecule has 0 saturated heterocycles. The van der Waals surface area contributed by atoms with Crippen molar-refractivity contribution in [3.8, 4) is 6.07 Å². The molecule has 2 nitrogen and oxygen atoms in total. The van der Waals surface area contributed by atoms with Crippen molar-refractivity contribution in [2.75, 3.05) is 0 Å². The lowest BCUT2D eigenvalue weighted by atomic mass is 10.1. The third-order valence-corrected chi connectivity index (χ3v) is 5.09. The Kier molecular flexibility index (Phi) is 3.85. The summed E-state index contributed by atoms with van der Waals surface area (Å²) in [7, 11) is -1.22. The standard InChI is InChI=1S/C17H14FNOS/c18-16-7-12(10-19)6-13(8-16)11-21(20)17-5-4-14-2-1-3-15(14)9-17/h4-9H,1-3,11H2. The zero-order valence-corrected chi connectivity index (χ0v) is 12.3. The van der Waals surface area contributed by atoms with Gasteiger partial charge in [-0.15, -0.1) is 0 Å². The van der Waals surface area contributed by atoms with Crippen LogP contribution in [-0.4, -0.2) is 4.21 Å². The molecule has 0 aromatic heterocycles. The van der Waals surface area contributed by atoms with Gasteiger partial charge >= 0.3 is 0 Å². The molecule has 0 radical (unpaired) electrons. The normalized spacial score (nSPS) is 14.5. The van der Waals surface area contributed by atoms with Gasteiger partial charge in [-0.3, -0.25) is 4.21 Å². The Labute approximate surface area is 125 Å². The fraction of sp³-hybridized carbons (Fsp3) is 0.235. The smallest absolute Gasteiger partial charge is 0.124 e. The minimum atomic E-state index is -1.22. The van der Waals surface area contributed by atoms with Crippen LogP contribution in [0.25, 0.3) is 0 Å². The van der Waals surface area contributed by atoms with Gasteiger partial charge in [0.15, 0.2) is 0 Å². The van der Waals surface area contributed by atoms with Gasteiger partial charge in [-0.25, -0.2) is 4.39 Å². The number of nitriles is 1. The van der Waals surface area contributed by atoms with Crippen LogP contribution >= 0.6 is 0 Å². The van der Waals surface area contributed by atoms with Crippen molar-refractivity contribution < 1.29 is 8.60 Å². The highest BCUT2D eigenvalue weighted by Crippen LogP contribution is 2.25. The molecular formula is C17H14FNOS. The molecule has 0 amide bonds. The van der Waals surface area contributed by atoms with E-state index in [1.54, 1.807) is 6.07 Å². The first-order valence-electron chi connectivity index (χ1n) is 6.85. The lowest BCUT2D eigenvalue weighted by Crippen LogP contribution is -1.99. The fourth-order valence-electron chi connectivity index (χ4n) is 2.72. The van der Waals surface area contributed by atoms with Crippen molar-refractivity contribution in [1.82, 2.24) is 0 Å². The number of hydrogen-bond donors (Lipinski definition) is 0. The quantitative estimate of drug-likeness (QED) is 0.870. The highest BCUT2D eigenvalue weighted by Gasteiger charge is 2.14. The van der Waals surface area contributed by atoms with Crippen molar-refractivity contribution in [3.05, 3.63) is 64.5 Å². The van der Waals surface area contributed by atoms with Gasteiger partial charge in [0.1, 0.15) is 5.82 Å².